The van der Waals surface area contributed by atoms with E-state index in [1.165, 1.54) is 24.3 Å². The maximum atomic E-state index is 14.5. The predicted molar refractivity (Wildman–Crippen MR) is 213 cm³/mol. The summed E-state index contributed by atoms with van der Waals surface area (Å²) in [5, 5.41) is 3.81. The molecule has 0 aliphatic heterocycles. The maximum Gasteiger partial charge on any atom is 0.123 e. The third kappa shape index (κ3) is 6.05. The first-order valence-corrected chi connectivity index (χ1v) is 17.4. The largest absolute Gasteiger partial charge is 0.310 e. The number of halogens is 2. The normalized spacial score (nSPS) is 11.1. The van der Waals surface area contributed by atoms with Gasteiger partial charge in [-0.25, -0.2) is 8.78 Å². The van der Waals surface area contributed by atoms with E-state index in [1.54, 1.807) is 49.6 Å². The number of pyridine rings is 4. The van der Waals surface area contributed by atoms with E-state index < -0.39 is 0 Å². The van der Waals surface area contributed by atoms with Crippen LogP contribution >= 0.6 is 0 Å². The number of aromatic nitrogens is 4. The monoisotopic (exact) mass is 704 g/mol. The zero-order valence-corrected chi connectivity index (χ0v) is 28.8. The van der Waals surface area contributed by atoms with Crippen LogP contribution in [0, 0.1) is 11.6 Å². The van der Waals surface area contributed by atoms with Crippen molar-refractivity contribution in [3.8, 4) is 22.3 Å². The molecule has 0 fully saturated rings. The number of hydrogen-bond acceptors (Lipinski definition) is 6. The van der Waals surface area contributed by atoms with Crippen LogP contribution < -0.4 is 9.80 Å². The molecule has 0 saturated carbocycles. The standard InChI is InChI=1S/C46H30F2N6/c47-33-5-1-31(2-6-33)45-41-11-9-40(54(37-17-25-51-26-18-37)38-19-27-52-28-20-38)30-44(41)46(32-3-7-34(48)8-4-32)42-12-10-39(29-43(42)45)53(35-13-21-49-22-14-35)36-15-23-50-24-16-36/h1-30H. The van der Waals surface area contributed by atoms with Crippen molar-refractivity contribution in [1.82, 2.24) is 19.9 Å². The first kappa shape index (κ1) is 32.6. The summed E-state index contributed by atoms with van der Waals surface area (Å²) in [4.78, 5) is 21.4. The highest BCUT2D eigenvalue weighted by molar-refractivity contribution is 6.22. The molecule has 9 aromatic rings. The van der Waals surface area contributed by atoms with Gasteiger partial charge in [-0.2, -0.15) is 0 Å². The Morgan fingerprint density at radius 3 is 0.889 bits per heavy atom. The SMILES string of the molecule is Fc1ccc(-c2c3ccc(N(c4ccncc4)c4ccncc4)cc3c(-c3ccc(F)cc3)c3ccc(N(c4ccncc4)c4ccncc4)cc23)cc1. The summed E-state index contributed by atoms with van der Waals surface area (Å²) in [7, 11) is 0. The van der Waals surface area contributed by atoms with Crippen molar-refractivity contribution in [3.05, 3.63) is 195 Å². The molecule has 4 heterocycles. The van der Waals surface area contributed by atoms with Crippen molar-refractivity contribution in [3.63, 3.8) is 0 Å². The van der Waals surface area contributed by atoms with Gasteiger partial charge in [-0.1, -0.05) is 36.4 Å². The van der Waals surface area contributed by atoms with Gasteiger partial charge in [-0.3, -0.25) is 19.9 Å². The summed E-state index contributed by atoms with van der Waals surface area (Å²) in [6, 6.07) is 41.8. The van der Waals surface area contributed by atoms with Crippen LogP contribution in [0.2, 0.25) is 0 Å². The van der Waals surface area contributed by atoms with Crippen molar-refractivity contribution in [2.24, 2.45) is 0 Å². The third-order valence-corrected chi connectivity index (χ3v) is 9.55. The smallest absolute Gasteiger partial charge is 0.123 e. The molecule has 8 heteroatoms. The zero-order chi connectivity index (χ0) is 36.4. The Morgan fingerprint density at radius 1 is 0.296 bits per heavy atom. The van der Waals surface area contributed by atoms with E-state index in [0.29, 0.717) is 0 Å². The average molecular weight is 705 g/mol. The molecule has 0 unspecified atom stereocenters. The minimum Gasteiger partial charge on any atom is -0.310 e. The lowest BCUT2D eigenvalue weighted by atomic mass is 9.85. The fraction of sp³-hybridized carbons (Fsp3) is 0. The average Bonchev–Trinajstić information content (AvgIpc) is 3.23. The van der Waals surface area contributed by atoms with Crippen molar-refractivity contribution >= 4 is 55.7 Å². The molecular weight excluding hydrogens is 675 g/mol. The summed E-state index contributed by atoms with van der Waals surface area (Å²) >= 11 is 0. The first-order valence-electron chi connectivity index (χ1n) is 17.4. The molecule has 0 saturated heterocycles. The molecule has 9 rings (SSSR count). The van der Waals surface area contributed by atoms with Crippen molar-refractivity contribution < 1.29 is 8.78 Å². The molecule has 0 aliphatic rings. The van der Waals surface area contributed by atoms with E-state index in [9.17, 15) is 8.78 Å². The van der Waals surface area contributed by atoms with Gasteiger partial charge in [-0.05, 0) is 141 Å². The van der Waals surface area contributed by atoms with Gasteiger partial charge in [0.1, 0.15) is 11.6 Å². The van der Waals surface area contributed by atoms with Crippen molar-refractivity contribution in [2.75, 3.05) is 9.80 Å². The van der Waals surface area contributed by atoms with Crippen molar-refractivity contribution in [2.45, 2.75) is 0 Å². The van der Waals surface area contributed by atoms with Gasteiger partial charge >= 0.3 is 0 Å². The van der Waals surface area contributed by atoms with Gasteiger partial charge < -0.3 is 9.80 Å². The number of fused-ring (bicyclic) bond motifs is 2. The highest BCUT2D eigenvalue weighted by atomic mass is 19.1. The Labute approximate surface area is 310 Å². The summed E-state index contributed by atoms with van der Waals surface area (Å²) in [6.45, 7) is 0. The van der Waals surface area contributed by atoms with Gasteiger partial charge in [0.15, 0.2) is 0 Å². The summed E-state index contributed by atoms with van der Waals surface area (Å²) in [5.74, 6) is -0.629. The molecule has 54 heavy (non-hydrogen) atoms. The van der Waals surface area contributed by atoms with Gasteiger partial charge in [-0.15, -0.1) is 0 Å². The van der Waals surface area contributed by atoms with E-state index in [4.69, 9.17) is 0 Å². The van der Waals surface area contributed by atoms with Crippen LogP contribution in [0.15, 0.2) is 183 Å². The Morgan fingerprint density at radius 2 is 0.593 bits per heavy atom. The Kier molecular flexibility index (Phi) is 8.45. The second-order valence-corrected chi connectivity index (χ2v) is 12.7. The fourth-order valence-corrected chi connectivity index (χ4v) is 7.20. The van der Waals surface area contributed by atoms with E-state index in [2.05, 4.69) is 66.1 Å². The second kappa shape index (κ2) is 14.0. The van der Waals surface area contributed by atoms with Crippen LogP contribution in [-0.4, -0.2) is 19.9 Å². The van der Waals surface area contributed by atoms with Crippen LogP contribution in [0.25, 0.3) is 43.8 Å². The zero-order valence-electron chi connectivity index (χ0n) is 28.8. The molecule has 6 nitrogen and oxygen atoms in total. The lowest BCUT2D eigenvalue weighted by molar-refractivity contribution is 0.627. The molecule has 0 aliphatic carbocycles. The molecule has 258 valence electrons. The van der Waals surface area contributed by atoms with Crippen LogP contribution in [0.4, 0.5) is 42.9 Å². The molecule has 0 amide bonds. The van der Waals surface area contributed by atoms with Crippen LogP contribution in [-0.2, 0) is 0 Å². The third-order valence-electron chi connectivity index (χ3n) is 9.55. The summed E-state index contributed by atoms with van der Waals surface area (Å²) in [5.41, 5.74) is 9.14. The highest BCUT2D eigenvalue weighted by Gasteiger charge is 2.22. The fourth-order valence-electron chi connectivity index (χ4n) is 7.20. The Bertz CT molecular complexity index is 2440. The molecule has 5 aromatic carbocycles. The summed E-state index contributed by atoms with van der Waals surface area (Å²) in [6.07, 6.45) is 14.2. The minimum absolute atomic E-state index is 0.315. The highest BCUT2D eigenvalue weighted by Crippen LogP contribution is 2.48. The minimum atomic E-state index is -0.315. The van der Waals surface area contributed by atoms with E-state index in [0.717, 1.165) is 77.9 Å². The van der Waals surface area contributed by atoms with Gasteiger partial charge in [0.2, 0.25) is 0 Å². The number of nitrogens with zero attached hydrogens (tertiary/aromatic N) is 6. The van der Waals surface area contributed by atoms with Crippen molar-refractivity contribution in [1.29, 1.82) is 0 Å². The van der Waals surface area contributed by atoms with Gasteiger partial charge in [0.05, 0.1) is 0 Å². The molecule has 0 N–H and O–H groups in total. The van der Waals surface area contributed by atoms with Crippen LogP contribution in [0.3, 0.4) is 0 Å². The predicted octanol–water partition coefficient (Wildman–Crippen LogP) is 12.1. The van der Waals surface area contributed by atoms with Gasteiger partial charge in [0, 0.05) is 83.7 Å². The molecule has 0 bridgehead atoms. The lowest BCUT2D eigenvalue weighted by Gasteiger charge is -2.28. The molecule has 0 spiro atoms. The molecule has 4 aromatic heterocycles. The Hall–Kier alpha value is -7.32. The quantitative estimate of drug-likeness (QED) is 0.147. The number of hydrogen-bond donors (Lipinski definition) is 0. The molecule has 0 atom stereocenters. The number of rotatable bonds is 8. The van der Waals surface area contributed by atoms with Crippen LogP contribution in [0.1, 0.15) is 0 Å². The summed E-state index contributed by atoms with van der Waals surface area (Å²) < 4.78 is 29.0. The topological polar surface area (TPSA) is 58.0 Å². The number of anilines is 6. The van der Waals surface area contributed by atoms with E-state index in [1.807, 2.05) is 72.8 Å². The Balaban J connectivity index is 1.38. The molecular formula is C46H30F2N6. The van der Waals surface area contributed by atoms with Gasteiger partial charge in [0.25, 0.3) is 0 Å². The van der Waals surface area contributed by atoms with Crippen LogP contribution in [0.5, 0.6) is 0 Å². The number of benzene rings is 5. The van der Waals surface area contributed by atoms with E-state index in [-0.39, 0.29) is 11.6 Å². The lowest BCUT2D eigenvalue weighted by Crippen LogP contribution is -2.10. The first-order chi connectivity index (χ1) is 26.6. The second-order valence-electron chi connectivity index (χ2n) is 12.7. The van der Waals surface area contributed by atoms with E-state index >= 15 is 0 Å². The molecule has 0 radical (unpaired) electrons. The maximum absolute atomic E-state index is 14.5.